The lowest BCUT2D eigenvalue weighted by atomic mass is 9.98. The Morgan fingerprint density at radius 1 is 1.44 bits per heavy atom. The van der Waals surface area contributed by atoms with E-state index in [1.807, 2.05) is 6.92 Å². The second-order valence-electron chi connectivity index (χ2n) is 3.91. The van der Waals surface area contributed by atoms with Crippen molar-refractivity contribution in [2.75, 3.05) is 12.8 Å². The summed E-state index contributed by atoms with van der Waals surface area (Å²) in [6.45, 7) is 2.29. The van der Waals surface area contributed by atoms with Gasteiger partial charge in [-0.2, -0.15) is 0 Å². The molecular weight excluding hydrogens is 229 g/mol. The van der Waals surface area contributed by atoms with Crippen molar-refractivity contribution >= 4 is 9.84 Å². The highest BCUT2D eigenvalue weighted by atomic mass is 32.2. The Balaban J connectivity index is 3.35. The van der Waals surface area contributed by atoms with Crippen molar-refractivity contribution in [3.63, 3.8) is 0 Å². The number of benzene rings is 1. The molecule has 3 nitrogen and oxygen atoms in total. The van der Waals surface area contributed by atoms with E-state index in [4.69, 9.17) is 5.73 Å². The molecule has 0 aliphatic carbocycles. The molecule has 0 amide bonds. The van der Waals surface area contributed by atoms with Crippen LogP contribution in [0.5, 0.6) is 0 Å². The Kier molecular flexibility index (Phi) is 4.04. The predicted octanol–water partition coefficient (Wildman–Crippen LogP) is 1.68. The summed E-state index contributed by atoms with van der Waals surface area (Å²) in [5, 5.41) is 0. The fourth-order valence-corrected chi connectivity index (χ4v) is 2.83. The molecule has 1 aromatic carbocycles. The monoisotopic (exact) mass is 245 g/mol. The fraction of sp³-hybridized carbons (Fsp3) is 0.455. The van der Waals surface area contributed by atoms with E-state index in [0.717, 1.165) is 12.3 Å². The first kappa shape index (κ1) is 13.1. The van der Waals surface area contributed by atoms with Crippen LogP contribution in [0.2, 0.25) is 0 Å². The van der Waals surface area contributed by atoms with Gasteiger partial charge in [-0.1, -0.05) is 19.1 Å². The fourth-order valence-electron chi connectivity index (χ4n) is 1.71. The van der Waals surface area contributed by atoms with Crippen molar-refractivity contribution in [1.29, 1.82) is 0 Å². The van der Waals surface area contributed by atoms with Gasteiger partial charge in [-0.15, -0.1) is 0 Å². The van der Waals surface area contributed by atoms with Gasteiger partial charge in [-0.3, -0.25) is 0 Å². The highest BCUT2D eigenvalue weighted by molar-refractivity contribution is 7.90. The van der Waals surface area contributed by atoms with E-state index < -0.39 is 15.7 Å². The van der Waals surface area contributed by atoms with Crippen LogP contribution in [0.4, 0.5) is 4.39 Å². The van der Waals surface area contributed by atoms with Crippen molar-refractivity contribution < 1.29 is 12.8 Å². The molecule has 1 rings (SSSR count). The Hall–Kier alpha value is -0.940. The van der Waals surface area contributed by atoms with E-state index >= 15 is 0 Å². The van der Waals surface area contributed by atoms with Crippen molar-refractivity contribution in [2.45, 2.75) is 24.2 Å². The molecule has 1 unspecified atom stereocenters. The molecule has 2 N–H and O–H groups in total. The van der Waals surface area contributed by atoms with E-state index in [1.165, 1.54) is 6.07 Å². The molecule has 1 atom stereocenters. The summed E-state index contributed by atoms with van der Waals surface area (Å²) in [6, 6.07) is 4.32. The molecule has 0 saturated carbocycles. The smallest absolute Gasteiger partial charge is 0.178 e. The van der Waals surface area contributed by atoms with Gasteiger partial charge in [0.2, 0.25) is 0 Å². The van der Waals surface area contributed by atoms with Gasteiger partial charge in [-0.05, 0) is 30.5 Å². The molecule has 0 spiro atoms. The van der Waals surface area contributed by atoms with Gasteiger partial charge in [0.15, 0.2) is 9.84 Å². The average Bonchev–Trinajstić information content (AvgIpc) is 2.15. The van der Waals surface area contributed by atoms with Crippen LogP contribution < -0.4 is 5.73 Å². The molecule has 0 radical (unpaired) electrons. The summed E-state index contributed by atoms with van der Waals surface area (Å²) in [7, 11) is -3.54. The van der Waals surface area contributed by atoms with Crippen molar-refractivity contribution in [3.8, 4) is 0 Å². The van der Waals surface area contributed by atoms with Gasteiger partial charge in [0.25, 0.3) is 0 Å². The van der Waals surface area contributed by atoms with Gasteiger partial charge < -0.3 is 5.73 Å². The topological polar surface area (TPSA) is 60.2 Å². The van der Waals surface area contributed by atoms with Gasteiger partial charge in [0.05, 0.1) is 0 Å². The molecule has 5 heteroatoms. The quantitative estimate of drug-likeness (QED) is 0.878. The summed E-state index contributed by atoms with van der Waals surface area (Å²) in [5.74, 6) is -0.755. The first-order valence-corrected chi connectivity index (χ1v) is 6.95. The molecule has 0 aromatic heterocycles. The molecular formula is C11H16FNO2S. The average molecular weight is 245 g/mol. The third-order valence-electron chi connectivity index (χ3n) is 2.50. The van der Waals surface area contributed by atoms with Gasteiger partial charge in [0.1, 0.15) is 10.7 Å². The van der Waals surface area contributed by atoms with E-state index in [-0.39, 0.29) is 10.8 Å². The Bertz CT molecular complexity index is 471. The second kappa shape index (κ2) is 4.93. The molecule has 0 saturated heterocycles. The van der Waals surface area contributed by atoms with E-state index in [9.17, 15) is 12.8 Å². The Labute approximate surface area is 95.4 Å². The summed E-state index contributed by atoms with van der Waals surface area (Å²) in [4.78, 5) is -0.198. The number of halogens is 1. The molecule has 0 fully saturated rings. The number of rotatable bonds is 4. The van der Waals surface area contributed by atoms with Crippen LogP contribution in [0.15, 0.2) is 23.1 Å². The van der Waals surface area contributed by atoms with Crippen molar-refractivity contribution in [3.05, 3.63) is 29.6 Å². The Morgan fingerprint density at radius 2 is 2.06 bits per heavy atom. The predicted molar refractivity (Wildman–Crippen MR) is 61.6 cm³/mol. The van der Waals surface area contributed by atoms with Crippen LogP contribution in [0.25, 0.3) is 0 Å². The lowest BCUT2D eigenvalue weighted by Crippen LogP contribution is -2.11. The number of sulfone groups is 1. The zero-order valence-corrected chi connectivity index (χ0v) is 10.2. The molecule has 1 aromatic rings. The maximum atomic E-state index is 13.5. The molecule has 0 aliphatic heterocycles. The third-order valence-corrected chi connectivity index (χ3v) is 3.67. The SMILES string of the molecule is CC(CCN)c1cccc(F)c1S(C)(=O)=O. The standard InChI is InChI=1S/C11H16FNO2S/c1-8(6-7-13)9-4-3-5-10(12)11(9)16(2,14)15/h3-5,8H,6-7,13H2,1-2H3. The van der Waals surface area contributed by atoms with Crippen LogP contribution in [0, 0.1) is 5.82 Å². The van der Waals surface area contributed by atoms with Gasteiger partial charge in [-0.25, -0.2) is 12.8 Å². The van der Waals surface area contributed by atoms with Gasteiger partial charge >= 0.3 is 0 Å². The minimum Gasteiger partial charge on any atom is -0.330 e. The van der Waals surface area contributed by atoms with E-state index in [2.05, 4.69) is 0 Å². The second-order valence-corrected chi connectivity index (χ2v) is 5.86. The zero-order valence-electron chi connectivity index (χ0n) is 9.40. The van der Waals surface area contributed by atoms with E-state index in [1.54, 1.807) is 6.07 Å². The third kappa shape index (κ3) is 2.80. The zero-order chi connectivity index (χ0) is 12.3. The maximum Gasteiger partial charge on any atom is 0.178 e. The summed E-state index contributed by atoms with van der Waals surface area (Å²) in [6.07, 6.45) is 1.65. The molecule has 0 bridgehead atoms. The molecule has 0 aliphatic rings. The lowest BCUT2D eigenvalue weighted by molar-refractivity contribution is 0.557. The van der Waals surface area contributed by atoms with Crippen LogP contribution in [-0.2, 0) is 9.84 Å². The summed E-state index contributed by atoms with van der Waals surface area (Å²) < 4.78 is 36.6. The molecule has 16 heavy (non-hydrogen) atoms. The van der Waals surface area contributed by atoms with Crippen LogP contribution in [-0.4, -0.2) is 21.2 Å². The van der Waals surface area contributed by atoms with Crippen molar-refractivity contribution in [1.82, 2.24) is 0 Å². The van der Waals surface area contributed by atoms with Crippen LogP contribution in [0.3, 0.4) is 0 Å². The maximum absolute atomic E-state index is 13.5. The van der Waals surface area contributed by atoms with Gasteiger partial charge in [0, 0.05) is 6.26 Å². The summed E-state index contributed by atoms with van der Waals surface area (Å²) >= 11 is 0. The number of nitrogens with two attached hydrogens (primary N) is 1. The normalized spacial score (nSPS) is 13.8. The molecule has 0 heterocycles. The highest BCUT2D eigenvalue weighted by Crippen LogP contribution is 2.28. The van der Waals surface area contributed by atoms with Crippen molar-refractivity contribution in [2.24, 2.45) is 5.73 Å². The Morgan fingerprint density at radius 3 is 2.56 bits per heavy atom. The lowest BCUT2D eigenvalue weighted by Gasteiger charge is -2.15. The largest absolute Gasteiger partial charge is 0.330 e. The highest BCUT2D eigenvalue weighted by Gasteiger charge is 2.21. The number of hydrogen-bond acceptors (Lipinski definition) is 3. The first-order valence-electron chi connectivity index (χ1n) is 5.06. The molecule has 90 valence electrons. The van der Waals surface area contributed by atoms with Crippen LogP contribution >= 0.6 is 0 Å². The minimum atomic E-state index is -3.54. The number of hydrogen-bond donors (Lipinski definition) is 1. The first-order chi connectivity index (χ1) is 7.38. The van der Waals surface area contributed by atoms with Crippen LogP contribution in [0.1, 0.15) is 24.8 Å². The summed E-state index contributed by atoms with van der Waals surface area (Å²) in [5.41, 5.74) is 5.93. The minimum absolute atomic E-state index is 0.0644. The van der Waals surface area contributed by atoms with E-state index in [0.29, 0.717) is 18.5 Å².